The van der Waals surface area contributed by atoms with E-state index in [-0.39, 0.29) is 0 Å². The first-order valence-corrected chi connectivity index (χ1v) is 6.30. The van der Waals surface area contributed by atoms with Crippen molar-refractivity contribution in [1.29, 1.82) is 0 Å². The van der Waals surface area contributed by atoms with Crippen LogP contribution in [-0.2, 0) is 6.42 Å². The van der Waals surface area contributed by atoms with E-state index in [9.17, 15) is 0 Å². The molecule has 0 fully saturated rings. The van der Waals surface area contributed by atoms with Crippen molar-refractivity contribution in [2.75, 3.05) is 17.4 Å². The second-order valence-corrected chi connectivity index (χ2v) is 4.49. The minimum absolute atomic E-state index is 0.790. The molecule has 0 aliphatic carbocycles. The molecule has 0 saturated heterocycles. The van der Waals surface area contributed by atoms with Gasteiger partial charge in [-0.1, -0.05) is 30.3 Å². The monoisotopic (exact) mass is 214 g/mol. The van der Waals surface area contributed by atoms with E-state index in [0.29, 0.717) is 0 Å². The van der Waals surface area contributed by atoms with Gasteiger partial charge in [-0.3, -0.25) is 0 Å². The number of hydrogen-bond donors (Lipinski definition) is 0. The van der Waals surface area contributed by atoms with Gasteiger partial charge in [0.25, 0.3) is 0 Å². The third-order valence-electron chi connectivity index (χ3n) is 1.80. The molecule has 0 atom stereocenters. The van der Waals surface area contributed by atoms with Crippen LogP contribution >= 0.6 is 23.4 Å². The average Bonchev–Trinajstić information content (AvgIpc) is 2.19. The summed E-state index contributed by atoms with van der Waals surface area (Å²) in [6, 6.07) is 10.6. The Morgan fingerprint density at radius 1 is 1.08 bits per heavy atom. The summed E-state index contributed by atoms with van der Waals surface area (Å²) < 4.78 is 0. The first-order chi connectivity index (χ1) is 6.43. The predicted molar refractivity (Wildman–Crippen MR) is 62.8 cm³/mol. The molecule has 0 unspecified atom stereocenters. The van der Waals surface area contributed by atoms with Gasteiger partial charge in [-0.15, -0.1) is 11.6 Å². The van der Waals surface area contributed by atoms with Gasteiger partial charge in [0, 0.05) is 5.88 Å². The average molecular weight is 215 g/mol. The van der Waals surface area contributed by atoms with Crippen molar-refractivity contribution in [2.45, 2.75) is 12.8 Å². The summed E-state index contributed by atoms with van der Waals surface area (Å²) in [5.41, 5.74) is 1.43. The Morgan fingerprint density at radius 2 is 1.85 bits per heavy atom. The summed E-state index contributed by atoms with van der Waals surface area (Å²) >= 11 is 7.57. The van der Waals surface area contributed by atoms with Crippen LogP contribution in [-0.4, -0.2) is 17.4 Å². The summed E-state index contributed by atoms with van der Waals surface area (Å²) in [5, 5.41) is 0. The van der Waals surface area contributed by atoms with Crippen LogP contribution in [0.4, 0.5) is 0 Å². The molecule has 0 bridgehead atoms. The van der Waals surface area contributed by atoms with E-state index in [0.717, 1.165) is 12.3 Å². The van der Waals surface area contributed by atoms with Crippen molar-refractivity contribution in [3.8, 4) is 0 Å². The highest BCUT2D eigenvalue weighted by atomic mass is 35.5. The summed E-state index contributed by atoms with van der Waals surface area (Å²) in [7, 11) is 0. The summed E-state index contributed by atoms with van der Waals surface area (Å²) in [4.78, 5) is 0. The van der Waals surface area contributed by atoms with E-state index in [2.05, 4.69) is 30.3 Å². The van der Waals surface area contributed by atoms with E-state index < -0.39 is 0 Å². The van der Waals surface area contributed by atoms with E-state index >= 15 is 0 Å². The summed E-state index contributed by atoms with van der Waals surface area (Å²) in [5.74, 6) is 3.19. The fourth-order valence-corrected chi connectivity index (χ4v) is 2.32. The molecule has 0 aliphatic rings. The predicted octanol–water partition coefficient (Wildman–Crippen LogP) is 3.59. The second kappa shape index (κ2) is 7.28. The first-order valence-electron chi connectivity index (χ1n) is 4.61. The van der Waals surface area contributed by atoms with Crippen LogP contribution in [0.5, 0.6) is 0 Å². The van der Waals surface area contributed by atoms with Gasteiger partial charge in [-0.05, 0) is 29.9 Å². The third-order valence-corrected chi connectivity index (χ3v) is 3.14. The maximum atomic E-state index is 5.58. The number of rotatable bonds is 6. The lowest BCUT2D eigenvalue weighted by Crippen LogP contribution is -1.89. The molecule has 1 aromatic rings. The van der Waals surface area contributed by atoms with E-state index in [4.69, 9.17) is 11.6 Å². The Bertz CT molecular complexity index is 211. The minimum Gasteiger partial charge on any atom is -0.162 e. The zero-order valence-electron chi connectivity index (χ0n) is 7.71. The number of alkyl halides is 1. The largest absolute Gasteiger partial charge is 0.162 e. The van der Waals surface area contributed by atoms with Crippen LogP contribution in [0.15, 0.2) is 30.3 Å². The highest BCUT2D eigenvalue weighted by Gasteiger charge is 1.91. The van der Waals surface area contributed by atoms with Crippen LogP contribution in [0, 0.1) is 0 Å². The summed E-state index contributed by atoms with van der Waals surface area (Å²) in [6.45, 7) is 0. The van der Waals surface area contributed by atoms with E-state index in [1.54, 1.807) is 0 Å². The van der Waals surface area contributed by atoms with Gasteiger partial charge in [0.1, 0.15) is 0 Å². The van der Waals surface area contributed by atoms with E-state index in [1.165, 1.54) is 23.5 Å². The maximum absolute atomic E-state index is 5.58. The molecule has 0 aromatic heterocycles. The smallest absolute Gasteiger partial charge is 0.0231 e. The van der Waals surface area contributed by atoms with Crippen LogP contribution in [0.3, 0.4) is 0 Å². The van der Waals surface area contributed by atoms with Gasteiger partial charge in [0.2, 0.25) is 0 Å². The Morgan fingerprint density at radius 3 is 2.54 bits per heavy atom. The first kappa shape index (κ1) is 10.9. The molecule has 0 radical (unpaired) electrons. The van der Waals surface area contributed by atoms with Crippen LogP contribution in [0.25, 0.3) is 0 Å². The van der Waals surface area contributed by atoms with Crippen molar-refractivity contribution in [1.82, 2.24) is 0 Å². The van der Waals surface area contributed by atoms with Gasteiger partial charge in [0.15, 0.2) is 0 Å². The normalized spacial score (nSPS) is 10.2. The lowest BCUT2D eigenvalue weighted by molar-refractivity contribution is 1.10. The molecule has 0 nitrogen and oxygen atoms in total. The standard InChI is InChI=1S/C11H15ClS/c12-8-4-9-13-10-7-11-5-2-1-3-6-11/h1-3,5-6H,4,7-10H2. The van der Waals surface area contributed by atoms with Crippen molar-refractivity contribution >= 4 is 23.4 Å². The molecule has 0 aliphatic heterocycles. The van der Waals surface area contributed by atoms with Crippen molar-refractivity contribution in [2.24, 2.45) is 0 Å². The molecule has 0 saturated carbocycles. The number of benzene rings is 1. The highest BCUT2D eigenvalue weighted by molar-refractivity contribution is 7.99. The topological polar surface area (TPSA) is 0 Å². The molecule has 0 spiro atoms. The van der Waals surface area contributed by atoms with Gasteiger partial charge < -0.3 is 0 Å². The zero-order chi connectivity index (χ0) is 9.36. The van der Waals surface area contributed by atoms with Crippen LogP contribution in [0.1, 0.15) is 12.0 Å². The Kier molecular flexibility index (Phi) is 6.13. The fourth-order valence-electron chi connectivity index (χ4n) is 1.09. The Labute approximate surface area is 89.7 Å². The SMILES string of the molecule is ClCCCSCCc1ccccc1. The van der Waals surface area contributed by atoms with Crippen LogP contribution in [0.2, 0.25) is 0 Å². The molecular weight excluding hydrogens is 200 g/mol. The fraction of sp³-hybridized carbons (Fsp3) is 0.455. The second-order valence-electron chi connectivity index (χ2n) is 2.89. The lowest BCUT2D eigenvalue weighted by Gasteiger charge is -2.00. The Balaban J connectivity index is 2.07. The number of halogens is 1. The number of thioether (sulfide) groups is 1. The number of hydrogen-bond acceptors (Lipinski definition) is 1. The van der Waals surface area contributed by atoms with Crippen LogP contribution < -0.4 is 0 Å². The minimum atomic E-state index is 0.790. The molecule has 0 heterocycles. The molecular formula is C11H15ClS. The molecule has 0 N–H and O–H groups in total. The molecule has 2 heteroatoms. The molecule has 0 amide bonds. The molecule has 1 aromatic carbocycles. The van der Waals surface area contributed by atoms with Crippen molar-refractivity contribution in [3.05, 3.63) is 35.9 Å². The molecule has 72 valence electrons. The van der Waals surface area contributed by atoms with Gasteiger partial charge in [0.05, 0.1) is 0 Å². The highest BCUT2D eigenvalue weighted by Crippen LogP contribution is 2.08. The quantitative estimate of drug-likeness (QED) is 0.515. The number of aryl methyl sites for hydroxylation is 1. The molecule has 13 heavy (non-hydrogen) atoms. The van der Waals surface area contributed by atoms with Crippen molar-refractivity contribution < 1.29 is 0 Å². The van der Waals surface area contributed by atoms with Gasteiger partial charge in [-0.25, -0.2) is 0 Å². The van der Waals surface area contributed by atoms with Crippen molar-refractivity contribution in [3.63, 3.8) is 0 Å². The van der Waals surface area contributed by atoms with Gasteiger partial charge in [-0.2, -0.15) is 11.8 Å². The summed E-state index contributed by atoms with van der Waals surface area (Å²) in [6.07, 6.45) is 2.30. The van der Waals surface area contributed by atoms with Gasteiger partial charge >= 0.3 is 0 Å². The third kappa shape index (κ3) is 5.22. The van der Waals surface area contributed by atoms with E-state index in [1.807, 2.05) is 11.8 Å². The Hall–Kier alpha value is -0.140. The molecule has 1 rings (SSSR count). The lowest BCUT2D eigenvalue weighted by atomic mass is 10.2. The maximum Gasteiger partial charge on any atom is 0.0231 e. The zero-order valence-corrected chi connectivity index (χ0v) is 9.28.